The molecule has 8 nitrogen and oxygen atoms in total. The Morgan fingerprint density at radius 3 is 2.70 bits per heavy atom. The number of aryl methyl sites for hydroxylation is 2. The van der Waals surface area contributed by atoms with Crippen molar-refractivity contribution in [2.24, 2.45) is 14.1 Å². The minimum atomic E-state index is -0.478. The van der Waals surface area contributed by atoms with Crippen molar-refractivity contribution in [1.29, 1.82) is 0 Å². The van der Waals surface area contributed by atoms with Gasteiger partial charge in [-0.05, 0) is 0 Å². The van der Waals surface area contributed by atoms with Gasteiger partial charge in [0.2, 0.25) is 0 Å². The van der Waals surface area contributed by atoms with E-state index in [0.29, 0.717) is 11.2 Å². The first-order chi connectivity index (χ1) is 9.47. The molecule has 2 rings (SSSR count). The van der Waals surface area contributed by atoms with E-state index in [1.165, 1.54) is 10.9 Å². The van der Waals surface area contributed by atoms with Crippen LogP contribution in [0.4, 0.5) is 0 Å². The molecule has 0 spiro atoms. The number of ether oxygens (including phenoxy) is 1. The van der Waals surface area contributed by atoms with Crippen LogP contribution in [0, 0.1) is 0 Å². The Morgan fingerprint density at radius 2 is 2.05 bits per heavy atom. The molecule has 20 heavy (non-hydrogen) atoms. The fourth-order valence-corrected chi connectivity index (χ4v) is 1.95. The van der Waals surface area contributed by atoms with Crippen molar-refractivity contribution in [3.8, 4) is 0 Å². The van der Waals surface area contributed by atoms with Gasteiger partial charge in [-0.25, -0.2) is 9.78 Å². The van der Waals surface area contributed by atoms with Crippen LogP contribution in [0.3, 0.4) is 0 Å². The maximum atomic E-state index is 12.3. The summed E-state index contributed by atoms with van der Waals surface area (Å²) >= 11 is 0. The number of hydrogen-bond acceptors (Lipinski definition) is 5. The maximum Gasteiger partial charge on any atom is 0.332 e. The van der Waals surface area contributed by atoms with Gasteiger partial charge < -0.3 is 9.30 Å². The highest BCUT2D eigenvalue weighted by Crippen LogP contribution is 2.02. The summed E-state index contributed by atoms with van der Waals surface area (Å²) in [5.74, 6) is -0.364. The zero-order valence-electron chi connectivity index (χ0n) is 11.6. The summed E-state index contributed by atoms with van der Waals surface area (Å²) in [6.07, 6.45) is 1.74. The Bertz CT molecular complexity index is 768. The maximum absolute atomic E-state index is 12.3. The number of carbonyl (C=O) groups excluding carboxylic acids is 1. The first kappa shape index (κ1) is 14.0. The predicted molar refractivity (Wildman–Crippen MR) is 71.5 cm³/mol. The average molecular weight is 280 g/mol. The molecule has 0 atom stereocenters. The van der Waals surface area contributed by atoms with Gasteiger partial charge in [-0.1, -0.05) is 6.92 Å². The van der Waals surface area contributed by atoms with E-state index in [0.717, 1.165) is 4.57 Å². The Labute approximate surface area is 114 Å². The number of nitrogens with zero attached hydrogens (tertiary/aromatic N) is 4. The minimum Gasteiger partial charge on any atom is -0.464 e. The van der Waals surface area contributed by atoms with Crippen molar-refractivity contribution in [3.05, 3.63) is 27.2 Å². The lowest BCUT2D eigenvalue weighted by atomic mass is 10.5. The smallest absolute Gasteiger partial charge is 0.332 e. The second-order valence-corrected chi connectivity index (χ2v) is 4.40. The van der Waals surface area contributed by atoms with E-state index in [-0.39, 0.29) is 25.5 Å². The van der Waals surface area contributed by atoms with Gasteiger partial charge >= 0.3 is 11.7 Å². The summed E-state index contributed by atoms with van der Waals surface area (Å²) < 4.78 is 8.81. The molecule has 8 heteroatoms. The van der Waals surface area contributed by atoms with Crippen LogP contribution in [0.5, 0.6) is 0 Å². The highest BCUT2D eigenvalue weighted by molar-refractivity contribution is 5.70. The van der Waals surface area contributed by atoms with Crippen LogP contribution in [0.1, 0.15) is 13.3 Å². The molecule has 0 saturated carbocycles. The molecular formula is C12H16N4O4. The van der Waals surface area contributed by atoms with E-state index in [2.05, 4.69) is 4.98 Å². The van der Waals surface area contributed by atoms with Crippen molar-refractivity contribution < 1.29 is 9.53 Å². The van der Waals surface area contributed by atoms with Crippen molar-refractivity contribution in [2.45, 2.75) is 19.9 Å². The van der Waals surface area contributed by atoms with Gasteiger partial charge in [-0.2, -0.15) is 0 Å². The van der Waals surface area contributed by atoms with E-state index in [1.807, 2.05) is 0 Å². The van der Waals surface area contributed by atoms with Gasteiger partial charge in [-0.15, -0.1) is 0 Å². The minimum absolute atomic E-state index is 0.00875. The average Bonchev–Trinajstić information content (AvgIpc) is 2.82. The van der Waals surface area contributed by atoms with Crippen LogP contribution < -0.4 is 11.2 Å². The Morgan fingerprint density at radius 1 is 1.35 bits per heavy atom. The Kier molecular flexibility index (Phi) is 3.73. The number of esters is 1. The molecule has 0 aliphatic carbocycles. The zero-order valence-corrected chi connectivity index (χ0v) is 11.6. The number of fused-ring (bicyclic) bond motifs is 1. The topological polar surface area (TPSA) is 88.1 Å². The van der Waals surface area contributed by atoms with E-state index in [9.17, 15) is 14.4 Å². The molecule has 0 aliphatic rings. The molecule has 2 heterocycles. The summed E-state index contributed by atoms with van der Waals surface area (Å²) in [5.41, 5.74) is -0.234. The van der Waals surface area contributed by atoms with E-state index in [1.54, 1.807) is 25.6 Å². The van der Waals surface area contributed by atoms with Gasteiger partial charge in [0.25, 0.3) is 5.56 Å². The number of imidazole rings is 1. The molecule has 108 valence electrons. The van der Waals surface area contributed by atoms with Crippen molar-refractivity contribution in [1.82, 2.24) is 18.7 Å². The van der Waals surface area contributed by atoms with Gasteiger partial charge in [0, 0.05) is 20.5 Å². The fraction of sp³-hybridized carbons (Fsp3) is 0.500. The summed E-state index contributed by atoms with van der Waals surface area (Å²) in [4.78, 5) is 39.5. The molecule has 0 aromatic carbocycles. The second kappa shape index (κ2) is 5.32. The second-order valence-electron chi connectivity index (χ2n) is 4.40. The predicted octanol–water partition coefficient (Wildman–Crippen LogP) is -0.613. The number of carbonyl (C=O) groups is 1. The van der Waals surface area contributed by atoms with Crippen molar-refractivity contribution in [2.75, 3.05) is 6.61 Å². The molecule has 0 unspecified atom stereocenters. The molecule has 0 radical (unpaired) electrons. The third-order valence-corrected chi connectivity index (χ3v) is 3.07. The molecule has 0 aliphatic heterocycles. The third-order valence-electron chi connectivity index (χ3n) is 3.07. The quantitative estimate of drug-likeness (QED) is 0.697. The van der Waals surface area contributed by atoms with Crippen molar-refractivity contribution in [3.63, 3.8) is 0 Å². The summed E-state index contributed by atoms with van der Waals surface area (Å²) in [7, 11) is 3.23. The molecule has 0 bridgehead atoms. The van der Waals surface area contributed by atoms with E-state index in [4.69, 9.17) is 4.74 Å². The molecule has 0 fully saturated rings. The van der Waals surface area contributed by atoms with Crippen LogP contribution in [-0.4, -0.2) is 31.3 Å². The lowest BCUT2D eigenvalue weighted by Crippen LogP contribution is -2.40. The number of hydrogen-bond donors (Lipinski definition) is 0. The Hall–Kier alpha value is -2.38. The number of rotatable bonds is 4. The summed E-state index contributed by atoms with van der Waals surface area (Å²) in [6.45, 7) is 1.69. The Balaban J connectivity index is 2.43. The van der Waals surface area contributed by atoms with Crippen LogP contribution in [-0.2, 0) is 30.2 Å². The van der Waals surface area contributed by atoms with E-state index >= 15 is 0 Å². The highest BCUT2D eigenvalue weighted by atomic mass is 16.5. The third kappa shape index (κ3) is 2.24. The normalized spacial score (nSPS) is 10.9. The lowest BCUT2D eigenvalue weighted by Gasteiger charge is -2.08. The van der Waals surface area contributed by atoms with Crippen LogP contribution >= 0.6 is 0 Å². The SMILES string of the molecule is CCC(=O)OCCn1c(=O)c2c(ncn2C)n(C)c1=O. The first-order valence-corrected chi connectivity index (χ1v) is 6.23. The van der Waals surface area contributed by atoms with Gasteiger partial charge in [0.15, 0.2) is 11.2 Å². The molecule has 0 N–H and O–H groups in total. The molecule has 2 aromatic heterocycles. The first-order valence-electron chi connectivity index (χ1n) is 6.23. The van der Waals surface area contributed by atoms with E-state index < -0.39 is 11.2 Å². The van der Waals surface area contributed by atoms with Gasteiger partial charge in [0.1, 0.15) is 6.61 Å². The van der Waals surface area contributed by atoms with Crippen LogP contribution in [0.25, 0.3) is 11.2 Å². The largest absolute Gasteiger partial charge is 0.464 e. The highest BCUT2D eigenvalue weighted by Gasteiger charge is 2.14. The summed E-state index contributed by atoms with van der Waals surface area (Å²) in [5, 5.41) is 0. The fourth-order valence-electron chi connectivity index (χ4n) is 1.95. The summed E-state index contributed by atoms with van der Waals surface area (Å²) in [6, 6.07) is 0. The standard InChI is InChI=1S/C12H16N4O4/c1-4-8(17)20-6-5-16-11(18)9-10(13-7-14(9)2)15(3)12(16)19/h7H,4-6H2,1-3H3. The molecule has 0 saturated heterocycles. The zero-order chi connectivity index (χ0) is 14.9. The molecule has 0 amide bonds. The van der Waals surface area contributed by atoms with Crippen molar-refractivity contribution >= 4 is 17.1 Å². The van der Waals surface area contributed by atoms with Crippen LogP contribution in [0.15, 0.2) is 15.9 Å². The van der Waals surface area contributed by atoms with Gasteiger partial charge in [-0.3, -0.25) is 18.7 Å². The molecular weight excluding hydrogens is 264 g/mol. The number of aromatic nitrogens is 4. The lowest BCUT2D eigenvalue weighted by molar-refractivity contribution is -0.143. The monoisotopic (exact) mass is 280 g/mol. The van der Waals surface area contributed by atoms with Crippen LogP contribution in [0.2, 0.25) is 0 Å². The molecule has 2 aromatic rings. The van der Waals surface area contributed by atoms with Gasteiger partial charge in [0.05, 0.1) is 12.9 Å².